The second-order valence-electron chi connectivity index (χ2n) is 4.66. The molecule has 5 heteroatoms. The van der Waals surface area contributed by atoms with Gasteiger partial charge in [0.1, 0.15) is 11.7 Å². The van der Waals surface area contributed by atoms with E-state index in [1.807, 2.05) is 16.8 Å². The van der Waals surface area contributed by atoms with Crippen molar-refractivity contribution in [3.05, 3.63) is 24.0 Å². The lowest BCUT2D eigenvalue weighted by Crippen LogP contribution is -2.41. The van der Waals surface area contributed by atoms with E-state index >= 15 is 0 Å². The largest absolute Gasteiger partial charge is 0.480 e. The molecular weight excluding hydrogens is 232 g/mol. The number of hydrogen-bond donors (Lipinski definition) is 2. The van der Waals surface area contributed by atoms with E-state index in [-0.39, 0.29) is 5.91 Å². The third-order valence-electron chi connectivity index (χ3n) is 3.49. The number of nitrogens with zero attached hydrogens (tertiary/aromatic N) is 1. The van der Waals surface area contributed by atoms with E-state index in [9.17, 15) is 9.59 Å². The van der Waals surface area contributed by atoms with Gasteiger partial charge in [-0.15, -0.1) is 0 Å². The molecule has 0 radical (unpaired) electrons. The fourth-order valence-corrected chi connectivity index (χ4v) is 2.14. The SMILES string of the molecule is CC[C@H](NC(=O)c1cccn1C1CCC1)C(=O)O. The van der Waals surface area contributed by atoms with Crippen molar-refractivity contribution in [1.82, 2.24) is 9.88 Å². The minimum atomic E-state index is -0.993. The molecule has 2 rings (SSSR count). The van der Waals surface area contributed by atoms with Crippen molar-refractivity contribution < 1.29 is 14.7 Å². The summed E-state index contributed by atoms with van der Waals surface area (Å²) in [6.07, 6.45) is 5.64. The van der Waals surface area contributed by atoms with E-state index < -0.39 is 12.0 Å². The van der Waals surface area contributed by atoms with Crippen molar-refractivity contribution in [2.24, 2.45) is 0 Å². The number of aliphatic carboxylic acids is 1. The van der Waals surface area contributed by atoms with Crippen LogP contribution in [0.2, 0.25) is 0 Å². The van der Waals surface area contributed by atoms with Crippen LogP contribution in [0.15, 0.2) is 18.3 Å². The van der Waals surface area contributed by atoms with Gasteiger partial charge in [0.15, 0.2) is 0 Å². The van der Waals surface area contributed by atoms with Crippen LogP contribution in [0.4, 0.5) is 0 Å². The predicted molar refractivity (Wildman–Crippen MR) is 66.5 cm³/mol. The first-order valence-electron chi connectivity index (χ1n) is 6.34. The number of hydrogen-bond acceptors (Lipinski definition) is 2. The molecule has 0 bridgehead atoms. The first kappa shape index (κ1) is 12.7. The fourth-order valence-electron chi connectivity index (χ4n) is 2.14. The van der Waals surface area contributed by atoms with Crippen molar-refractivity contribution in [3.63, 3.8) is 0 Å². The third kappa shape index (κ3) is 2.39. The highest BCUT2D eigenvalue weighted by atomic mass is 16.4. The average molecular weight is 250 g/mol. The lowest BCUT2D eigenvalue weighted by Gasteiger charge is -2.29. The molecule has 98 valence electrons. The van der Waals surface area contributed by atoms with Gasteiger partial charge in [0, 0.05) is 12.2 Å². The molecule has 18 heavy (non-hydrogen) atoms. The molecule has 1 saturated carbocycles. The van der Waals surface area contributed by atoms with E-state index in [0.717, 1.165) is 12.8 Å². The molecule has 1 heterocycles. The van der Waals surface area contributed by atoms with E-state index in [0.29, 0.717) is 18.2 Å². The van der Waals surface area contributed by atoms with E-state index in [2.05, 4.69) is 5.32 Å². The van der Waals surface area contributed by atoms with Crippen molar-refractivity contribution in [2.75, 3.05) is 0 Å². The lowest BCUT2D eigenvalue weighted by molar-refractivity contribution is -0.139. The lowest BCUT2D eigenvalue weighted by atomic mass is 9.93. The highest BCUT2D eigenvalue weighted by Crippen LogP contribution is 2.32. The van der Waals surface area contributed by atoms with Crippen molar-refractivity contribution >= 4 is 11.9 Å². The summed E-state index contributed by atoms with van der Waals surface area (Å²) in [6, 6.07) is 3.14. The molecule has 1 aliphatic carbocycles. The number of carbonyl (C=O) groups excluding carboxylic acids is 1. The minimum Gasteiger partial charge on any atom is -0.480 e. The van der Waals surface area contributed by atoms with Gasteiger partial charge in [-0.1, -0.05) is 6.92 Å². The monoisotopic (exact) mass is 250 g/mol. The number of aromatic nitrogens is 1. The second kappa shape index (κ2) is 5.25. The molecule has 0 unspecified atom stereocenters. The number of carboxylic acid groups (broad SMARTS) is 1. The Morgan fingerprint density at radius 1 is 1.56 bits per heavy atom. The summed E-state index contributed by atoms with van der Waals surface area (Å²) >= 11 is 0. The van der Waals surface area contributed by atoms with Crippen LogP contribution in [0.3, 0.4) is 0 Å². The maximum atomic E-state index is 12.0. The van der Waals surface area contributed by atoms with Crippen LogP contribution in [0, 0.1) is 0 Å². The van der Waals surface area contributed by atoms with E-state index in [4.69, 9.17) is 5.11 Å². The van der Waals surface area contributed by atoms with Crippen molar-refractivity contribution in [2.45, 2.75) is 44.7 Å². The predicted octanol–water partition coefficient (Wildman–Crippen LogP) is 1.81. The van der Waals surface area contributed by atoms with E-state index in [1.54, 1.807) is 13.0 Å². The Balaban J connectivity index is 2.08. The normalized spacial score (nSPS) is 16.9. The summed E-state index contributed by atoms with van der Waals surface area (Å²) in [5, 5.41) is 11.5. The van der Waals surface area contributed by atoms with Gasteiger partial charge in [0.05, 0.1) is 0 Å². The Hall–Kier alpha value is -1.78. The first-order chi connectivity index (χ1) is 8.63. The van der Waals surface area contributed by atoms with Crippen LogP contribution in [0.5, 0.6) is 0 Å². The number of rotatable bonds is 5. The molecule has 1 amide bonds. The topological polar surface area (TPSA) is 71.3 Å². The van der Waals surface area contributed by atoms with Crippen LogP contribution < -0.4 is 5.32 Å². The molecular formula is C13H18N2O3. The van der Waals surface area contributed by atoms with Gasteiger partial charge in [-0.3, -0.25) is 4.79 Å². The zero-order valence-corrected chi connectivity index (χ0v) is 10.4. The molecule has 1 atom stereocenters. The molecule has 5 nitrogen and oxygen atoms in total. The Kier molecular flexibility index (Phi) is 3.69. The molecule has 2 N–H and O–H groups in total. The zero-order valence-electron chi connectivity index (χ0n) is 10.4. The first-order valence-corrected chi connectivity index (χ1v) is 6.34. The third-order valence-corrected chi connectivity index (χ3v) is 3.49. The molecule has 1 aliphatic rings. The number of amides is 1. The second-order valence-corrected chi connectivity index (χ2v) is 4.66. The van der Waals surface area contributed by atoms with Crippen LogP contribution in [0.1, 0.15) is 49.1 Å². The summed E-state index contributed by atoms with van der Waals surface area (Å²) in [4.78, 5) is 22.9. The Morgan fingerprint density at radius 3 is 2.78 bits per heavy atom. The summed E-state index contributed by atoms with van der Waals surface area (Å²) in [7, 11) is 0. The summed E-state index contributed by atoms with van der Waals surface area (Å²) in [5.74, 6) is -1.30. The standard InChI is InChI=1S/C13H18N2O3/c1-2-10(13(17)18)14-12(16)11-7-4-8-15(11)9-5-3-6-9/h4,7-10H,2-3,5-6H2,1H3,(H,14,16)(H,17,18)/t10-/m0/s1. The van der Waals surface area contributed by atoms with Gasteiger partial charge in [-0.2, -0.15) is 0 Å². The highest BCUT2D eigenvalue weighted by molar-refractivity contribution is 5.95. The van der Waals surface area contributed by atoms with Crippen molar-refractivity contribution in [3.8, 4) is 0 Å². The molecule has 1 aromatic heterocycles. The maximum absolute atomic E-state index is 12.0. The van der Waals surface area contributed by atoms with Gasteiger partial charge in [0.2, 0.25) is 0 Å². The number of nitrogens with one attached hydrogen (secondary N) is 1. The van der Waals surface area contributed by atoms with Gasteiger partial charge >= 0.3 is 5.97 Å². The van der Waals surface area contributed by atoms with Crippen LogP contribution in [-0.4, -0.2) is 27.6 Å². The van der Waals surface area contributed by atoms with Crippen LogP contribution in [-0.2, 0) is 4.79 Å². The molecule has 0 saturated heterocycles. The molecule has 0 spiro atoms. The maximum Gasteiger partial charge on any atom is 0.326 e. The summed E-state index contributed by atoms with van der Waals surface area (Å²) in [5.41, 5.74) is 0.555. The van der Waals surface area contributed by atoms with Gasteiger partial charge in [-0.05, 0) is 37.8 Å². The Morgan fingerprint density at radius 2 is 2.28 bits per heavy atom. The smallest absolute Gasteiger partial charge is 0.326 e. The van der Waals surface area contributed by atoms with Gasteiger partial charge in [-0.25, -0.2) is 4.79 Å². The molecule has 0 aromatic carbocycles. The zero-order chi connectivity index (χ0) is 13.1. The average Bonchev–Trinajstić information content (AvgIpc) is 2.71. The molecule has 0 aliphatic heterocycles. The fraction of sp³-hybridized carbons (Fsp3) is 0.538. The Bertz CT molecular complexity index is 449. The highest BCUT2D eigenvalue weighted by Gasteiger charge is 2.25. The molecule has 1 fully saturated rings. The summed E-state index contributed by atoms with van der Waals surface area (Å²) < 4.78 is 1.95. The quantitative estimate of drug-likeness (QED) is 0.837. The van der Waals surface area contributed by atoms with E-state index in [1.165, 1.54) is 6.42 Å². The van der Waals surface area contributed by atoms with Gasteiger partial charge < -0.3 is 15.0 Å². The number of carbonyl (C=O) groups is 2. The van der Waals surface area contributed by atoms with Gasteiger partial charge in [0.25, 0.3) is 5.91 Å². The van der Waals surface area contributed by atoms with Crippen LogP contribution >= 0.6 is 0 Å². The minimum absolute atomic E-state index is 0.304. The van der Waals surface area contributed by atoms with Crippen LogP contribution in [0.25, 0.3) is 0 Å². The summed E-state index contributed by atoms with van der Waals surface area (Å²) in [6.45, 7) is 1.74. The molecule has 1 aromatic rings. The van der Waals surface area contributed by atoms with Crippen molar-refractivity contribution in [1.29, 1.82) is 0 Å². The number of carboxylic acids is 1. The Labute approximate surface area is 106 Å².